The average Bonchev–Trinajstić information content (AvgIpc) is 3.52. The topological polar surface area (TPSA) is 53.5 Å². The SMILES string of the molecule is O=C(C1CCCCC1C(=O)N1CCc2ccccc21)N1CCC(c2nc3ccccc3s2)CC1. The van der Waals surface area contributed by atoms with Crippen molar-refractivity contribution in [1.29, 1.82) is 0 Å². The van der Waals surface area contributed by atoms with Gasteiger partial charge < -0.3 is 9.80 Å². The number of thiazole rings is 1. The van der Waals surface area contributed by atoms with E-state index in [1.54, 1.807) is 11.3 Å². The molecule has 1 saturated heterocycles. The average molecular weight is 474 g/mol. The largest absolute Gasteiger partial charge is 0.342 e. The van der Waals surface area contributed by atoms with E-state index in [-0.39, 0.29) is 23.7 Å². The number of anilines is 1. The number of hydrogen-bond acceptors (Lipinski definition) is 4. The number of para-hydroxylation sites is 2. The van der Waals surface area contributed by atoms with Gasteiger partial charge in [-0.05, 0) is 55.9 Å². The van der Waals surface area contributed by atoms with Crippen molar-refractivity contribution in [3.05, 3.63) is 59.1 Å². The summed E-state index contributed by atoms with van der Waals surface area (Å²) in [7, 11) is 0. The van der Waals surface area contributed by atoms with Crippen LogP contribution in [0.4, 0.5) is 5.69 Å². The third-order valence-corrected chi connectivity index (χ3v) is 9.22. The van der Waals surface area contributed by atoms with Crippen LogP contribution in [0.1, 0.15) is 55.0 Å². The van der Waals surface area contributed by atoms with Gasteiger partial charge in [-0.15, -0.1) is 11.3 Å². The van der Waals surface area contributed by atoms with E-state index in [9.17, 15) is 9.59 Å². The Kier molecular flexibility index (Phi) is 5.85. The molecule has 5 nitrogen and oxygen atoms in total. The number of piperidine rings is 1. The molecule has 176 valence electrons. The number of fused-ring (bicyclic) bond motifs is 2. The quantitative estimate of drug-likeness (QED) is 0.512. The highest BCUT2D eigenvalue weighted by atomic mass is 32.1. The Balaban J connectivity index is 1.13. The molecule has 0 bridgehead atoms. The number of likely N-dealkylation sites (tertiary alicyclic amines) is 1. The molecule has 6 rings (SSSR count). The van der Waals surface area contributed by atoms with Crippen LogP contribution < -0.4 is 4.90 Å². The molecular weight excluding hydrogens is 442 g/mol. The number of amides is 2. The van der Waals surface area contributed by atoms with Gasteiger partial charge in [0, 0.05) is 37.2 Å². The molecule has 1 saturated carbocycles. The van der Waals surface area contributed by atoms with E-state index in [1.165, 1.54) is 15.3 Å². The van der Waals surface area contributed by atoms with Crippen LogP contribution in [-0.4, -0.2) is 41.3 Å². The van der Waals surface area contributed by atoms with E-state index in [2.05, 4.69) is 24.3 Å². The summed E-state index contributed by atoms with van der Waals surface area (Å²) in [4.78, 5) is 36.1. The second-order valence-electron chi connectivity index (χ2n) is 9.99. The second-order valence-corrected chi connectivity index (χ2v) is 11.0. The lowest BCUT2D eigenvalue weighted by atomic mass is 9.77. The Hall–Kier alpha value is -2.73. The second kappa shape index (κ2) is 9.14. The van der Waals surface area contributed by atoms with Crippen molar-refractivity contribution in [2.24, 2.45) is 11.8 Å². The zero-order valence-corrected chi connectivity index (χ0v) is 20.3. The maximum Gasteiger partial charge on any atom is 0.230 e. The molecule has 2 aromatic carbocycles. The molecular formula is C28H31N3O2S. The first-order valence-electron chi connectivity index (χ1n) is 12.7. The fraction of sp³-hybridized carbons (Fsp3) is 0.464. The van der Waals surface area contributed by atoms with Crippen LogP contribution in [0.2, 0.25) is 0 Å². The van der Waals surface area contributed by atoms with Crippen molar-refractivity contribution in [2.45, 2.75) is 50.9 Å². The molecule has 2 unspecified atom stereocenters. The van der Waals surface area contributed by atoms with Crippen LogP contribution in [0.5, 0.6) is 0 Å². The fourth-order valence-electron chi connectivity index (χ4n) is 6.14. The highest BCUT2D eigenvalue weighted by Crippen LogP contribution is 2.38. The fourth-order valence-corrected chi connectivity index (χ4v) is 7.27. The summed E-state index contributed by atoms with van der Waals surface area (Å²) in [6, 6.07) is 16.5. The molecule has 0 spiro atoms. The standard InChI is InChI=1S/C28H31N3O2S/c32-27(30-16-13-20(14-17-30)26-29-23-10-4-6-12-25(23)34-26)21-8-2-3-9-22(21)28(33)31-18-15-19-7-1-5-11-24(19)31/h1,4-7,10-12,20-22H,2-3,8-9,13-18H2. The molecule has 2 atom stereocenters. The molecule has 1 aliphatic carbocycles. The summed E-state index contributed by atoms with van der Waals surface area (Å²) >= 11 is 1.79. The first-order valence-corrected chi connectivity index (χ1v) is 13.5. The Bertz CT molecular complexity index is 1180. The highest BCUT2D eigenvalue weighted by Gasteiger charge is 2.41. The van der Waals surface area contributed by atoms with Gasteiger partial charge in [0.1, 0.15) is 0 Å². The smallest absolute Gasteiger partial charge is 0.230 e. The molecule has 6 heteroatoms. The third-order valence-electron chi connectivity index (χ3n) is 8.02. The van der Waals surface area contributed by atoms with Gasteiger partial charge in [-0.3, -0.25) is 9.59 Å². The molecule has 1 aromatic heterocycles. The lowest BCUT2D eigenvalue weighted by Crippen LogP contribution is -2.48. The van der Waals surface area contributed by atoms with Crippen LogP contribution in [-0.2, 0) is 16.0 Å². The maximum atomic E-state index is 13.7. The first-order chi connectivity index (χ1) is 16.7. The minimum atomic E-state index is -0.186. The zero-order valence-electron chi connectivity index (χ0n) is 19.5. The molecule has 0 N–H and O–H groups in total. The predicted molar refractivity (Wildman–Crippen MR) is 136 cm³/mol. The molecule has 2 aliphatic heterocycles. The summed E-state index contributed by atoms with van der Waals surface area (Å²) in [5.74, 6) is 0.425. The van der Waals surface area contributed by atoms with Crippen LogP contribution >= 0.6 is 11.3 Å². The summed E-state index contributed by atoms with van der Waals surface area (Å²) < 4.78 is 1.24. The van der Waals surface area contributed by atoms with E-state index in [1.807, 2.05) is 34.1 Å². The van der Waals surface area contributed by atoms with E-state index in [0.717, 1.165) is 75.8 Å². The summed E-state index contributed by atoms with van der Waals surface area (Å²) in [5.41, 5.74) is 3.36. The van der Waals surface area contributed by atoms with E-state index in [0.29, 0.717) is 5.92 Å². The number of rotatable bonds is 3. The zero-order chi connectivity index (χ0) is 23.1. The van der Waals surface area contributed by atoms with Gasteiger partial charge in [0.05, 0.1) is 21.1 Å². The number of aromatic nitrogens is 1. The molecule has 3 aliphatic rings. The monoisotopic (exact) mass is 473 g/mol. The molecule has 2 amide bonds. The van der Waals surface area contributed by atoms with Crippen molar-refractivity contribution in [2.75, 3.05) is 24.5 Å². The Morgan fingerprint density at radius 3 is 2.32 bits per heavy atom. The van der Waals surface area contributed by atoms with Crippen LogP contribution in [0.25, 0.3) is 10.2 Å². The molecule has 0 radical (unpaired) electrons. The van der Waals surface area contributed by atoms with Crippen molar-refractivity contribution >= 4 is 39.1 Å². The summed E-state index contributed by atoms with van der Waals surface area (Å²) in [5, 5.41) is 1.20. The van der Waals surface area contributed by atoms with Crippen molar-refractivity contribution < 1.29 is 9.59 Å². The number of nitrogens with zero attached hydrogens (tertiary/aromatic N) is 3. The van der Waals surface area contributed by atoms with Gasteiger partial charge in [-0.2, -0.15) is 0 Å². The number of benzene rings is 2. The Morgan fingerprint density at radius 2 is 1.53 bits per heavy atom. The number of carbonyl (C=O) groups is 2. The van der Waals surface area contributed by atoms with Gasteiger partial charge in [0.15, 0.2) is 0 Å². The normalized spacial score (nSPS) is 23.3. The van der Waals surface area contributed by atoms with Gasteiger partial charge >= 0.3 is 0 Å². The van der Waals surface area contributed by atoms with E-state index in [4.69, 9.17) is 4.98 Å². The summed E-state index contributed by atoms with van der Waals surface area (Å²) in [6.45, 7) is 2.27. The lowest BCUT2D eigenvalue weighted by molar-refractivity contribution is -0.143. The minimum Gasteiger partial charge on any atom is -0.342 e. The van der Waals surface area contributed by atoms with Crippen LogP contribution in [0.15, 0.2) is 48.5 Å². The molecule has 34 heavy (non-hydrogen) atoms. The van der Waals surface area contributed by atoms with E-state index >= 15 is 0 Å². The maximum absolute atomic E-state index is 13.7. The van der Waals surface area contributed by atoms with Crippen molar-refractivity contribution in [3.8, 4) is 0 Å². The minimum absolute atomic E-state index is 0.160. The predicted octanol–water partition coefficient (Wildman–Crippen LogP) is 5.40. The Labute approximate surface area is 204 Å². The molecule has 3 heterocycles. The highest BCUT2D eigenvalue weighted by molar-refractivity contribution is 7.18. The van der Waals surface area contributed by atoms with Gasteiger partial charge in [0.25, 0.3) is 0 Å². The lowest BCUT2D eigenvalue weighted by Gasteiger charge is -2.38. The molecule has 2 fully saturated rings. The van der Waals surface area contributed by atoms with Gasteiger partial charge in [0.2, 0.25) is 11.8 Å². The van der Waals surface area contributed by atoms with E-state index < -0.39 is 0 Å². The Morgan fingerprint density at radius 1 is 0.824 bits per heavy atom. The van der Waals surface area contributed by atoms with Crippen molar-refractivity contribution in [1.82, 2.24) is 9.88 Å². The van der Waals surface area contributed by atoms with Crippen molar-refractivity contribution in [3.63, 3.8) is 0 Å². The van der Waals surface area contributed by atoms with Gasteiger partial charge in [-0.1, -0.05) is 43.2 Å². The first kappa shape index (κ1) is 21.8. The van der Waals surface area contributed by atoms with Gasteiger partial charge in [-0.25, -0.2) is 4.98 Å². The van der Waals surface area contributed by atoms with Crippen LogP contribution in [0, 0.1) is 11.8 Å². The number of carbonyl (C=O) groups excluding carboxylic acids is 2. The van der Waals surface area contributed by atoms with Crippen LogP contribution in [0.3, 0.4) is 0 Å². The third kappa shape index (κ3) is 3.92. The summed E-state index contributed by atoms with van der Waals surface area (Å²) in [6.07, 6.45) is 6.56. The molecule has 3 aromatic rings. The number of hydrogen-bond donors (Lipinski definition) is 0.